The Labute approximate surface area is 232 Å². The lowest BCUT2D eigenvalue weighted by atomic mass is 9.97. The van der Waals surface area contributed by atoms with Crippen molar-refractivity contribution in [3.8, 4) is 11.4 Å². The zero-order chi connectivity index (χ0) is 27.9. The number of carboxylic acids is 1. The Morgan fingerprint density at radius 1 is 1.05 bits per heavy atom. The third kappa shape index (κ3) is 5.34. The van der Waals surface area contributed by atoms with Crippen molar-refractivity contribution in [2.45, 2.75) is 39.7 Å². The Kier molecular flexibility index (Phi) is 7.07. The van der Waals surface area contributed by atoms with E-state index >= 15 is 0 Å². The van der Waals surface area contributed by atoms with Gasteiger partial charge in [-0.05, 0) is 74.7 Å². The van der Waals surface area contributed by atoms with Crippen LogP contribution in [0.5, 0.6) is 0 Å². The number of aromatic carboxylic acids is 1. The van der Waals surface area contributed by atoms with Gasteiger partial charge in [-0.25, -0.2) is 14.8 Å². The Hall–Kier alpha value is -3.91. The van der Waals surface area contributed by atoms with E-state index in [9.17, 15) is 9.59 Å². The summed E-state index contributed by atoms with van der Waals surface area (Å²) in [4.78, 5) is 38.4. The molecule has 1 fully saturated rings. The van der Waals surface area contributed by atoms with E-state index in [1.54, 1.807) is 12.1 Å². The Morgan fingerprint density at radius 2 is 1.79 bits per heavy atom. The van der Waals surface area contributed by atoms with Gasteiger partial charge < -0.3 is 14.9 Å². The number of amides is 1. The lowest BCUT2D eigenvalue weighted by Crippen LogP contribution is -2.61. The van der Waals surface area contributed by atoms with Gasteiger partial charge in [-0.15, -0.1) is 0 Å². The first-order valence-electron chi connectivity index (χ1n) is 13.1. The van der Waals surface area contributed by atoms with E-state index in [0.717, 1.165) is 29.0 Å². The summed E-state index contributed by atoms with van der Waals surface area (Å²) < 4.78 is 2.05. The van der Waals surface area contributed by atoms with Crippen LogP contribution in [0.1, 0.15) is 54.1 Å². The van der Waals surface area contributed by atoms with Crippen molar-refractivity contribution in [1.29, 1.82) is 0 Å². The molecule has 4 heterocycles. The van der Waals surface area contributed by atoms with Crippen LogP contribution in [-0.4, -0.2) is 61.4 Å². The molecule has 1 aliphatic rings. The molecule has 9 heteroatoms. The van der Waals surface area contributed by atoms with Crippen LogP contribution < -0.4 is 4.90 Å². The normalized spacial score (nSPS) is 15.2. The molecule has 0 atom stereocenters. The van der Waals surface area contributed by atoms with E-state index in [-0.39, 0.29) is 11.5 Å². The molecule has 0 radical (unpaired) electrons. The molecule has 0 aliphatic carbocycles. The molecule has 1 amide bonds. The van der Waals surface area contributed by atoms with Crippen LogP contribution in [-0.2, 0) is 6.42 Å². The van der Waals surface area contributed by atoms with Crippen molar-refractivity contribution in [2.75, 3.05) is 24.5 Å². The molecule has 1 N–H and O–H groups in total. The molecule has 3 aromatic heterocycles. The number of halogens is 1. The fraction of sp³-hybridized carbons (Fsp3) is 0.333. The lowest BCUT2D eigenvalue weighted by molar-refractivity contribution is 0.0513. The number of carboxylic acid groups (broad SMARTS) is 1. The maximum absolute atomic E-state index is 13.9. The number of hydrogen-bond donors (Lipinski definition) is 1. The number of fused-ring (bicyclic) bond motifs is 1. The third-order valence-corrected chi connectivity index (χ3v) is 7.39. The average molecular weight is 546 g/mol. The first kappa shape index (κ1) is 26.7. The summed E-state index contributed by atoms with van der Waals surface area (Å²) in [7, 11) is 0. The molecule has 4 aromatic rings. The molecule has 1 aliphatic heterocycles. The first-order chi connectivity index (χ1) is 18.5. The summed E-state index contributed by atoms with van der Waals surface area (Å²) in [5.74, 6) is 0.907. The van der Waals surface area contributed by atoms with Gasteiger partial charge in [0.25, 0.3) is 5.91 Å². The molecule has 0 bridgehead atoms. The fourth-order valence-corrected chi connectivity index (χ4v) is 5.33. The van der Waals surface area contributed by atoms with Crippen molar-refractivity contribution in [3.63, 3.8) is 0 Å². The number of carbonyl (C=O) groups excluding carboxylic acids is 1. The number of hydrogen-bond acceptors (Lipinski definition) is 5. The van der Waals surface area contributed by atoms with E-state index in [4.69, 9.17) is 21.7 Å². The lowest BCUT2D eigenvalue weighted by Gasteiger charge is -2.47. The summed E-state index contributed by atoms with van der Waals surface area (Å²) >= 11 is 6.11. The second-order valence-electron chi connectivity index (χ2n) is 11.1. The van der Waals surface area contributed by atoms with Crippen LogP contribution >= 0.6 is 11.6 Å². The Bertz CT molecular complexity index is 1530. The van der Waals surface area contributed by atoms with Crippen LogP contribution in [0.2, 0.25) is 5.02 Å². The SMILES string of the molecule is CC(C)Cc1nc(-c2ccc(Cl)cc2)n2ccc(C(=O)N3CCN(c4ccc(C(=O)O)cn4)CC3(C)C)cc12. The van der Waals surface area contributed by atoms with Crippen molar-refractivity contribution in [1.82, 2.24) is 19.3 Å². The maximum Gasteiger partial charge on any atom is 0.337 e. The highest BCUT2D eigenvalue weighted by atomic mass is 35.5. The van der Waals surface area contributed by atoms with Gasteiger partial charge in [0.1, 0.15) is 11.6 Å². The molecule has 1 saturated heterocycles. The predicted molar refractivity (Wildman–Crippen MR) is 153 cm³/mol. The molecule has 39 heavy (non-hydrogen) atoms. The van der Waals surface area contributed by atoms with Crippen molar-refractivity contribution < 1.29 is 14.7 Å². The number of nitrogens with zero attached hydrogens (tertiary/aromatic N) is 5. The molecule has 5 rings (SSSR count). The number of piperazine rings is 1. The minimum Gasteiger partial charge on any atom is -0.478 e. The summed E-state index contributed by atoms with van der Waals surface area (Å²) in [6.07, 6.45) is 4.10. The largest absolute Gasteiger partial charge is 0.478 e. The number of aromatic nitrogens is 3. The van der Waals surface area contributed by atoms with Crippen LogP contribution in [0.15, 0.2) is 60.9 Å². The van der Waals surface area contributed by atoms with Crippen molar-refractivity contribution >= 4 is 34.8 Å². The second kappa shape index (κ2) is 10.3. The molecular formula is C30H32ClN5O3. The van der Waals surface area contributed by atoms with E-state index in [1.165, 1.54) is 6.20 Å². The van der Waals surface area contributed by atoms with Gasteiger partial charge in [-0.3, -0.25) is 9.20 Å². The fourth-order valence-electron chi connectivity index (χ4n) is 5.20. The van der Waals surface area contributed by atoms with Crippen LogP contribution in [0, 0.1) is 5.92 Å². The first-order valence-corrected chi connectivity index (χ1v) is 13.4. The molecule has 202 valence electrons. The zero-order valence-corrected chi connectivity index (χ0v) is 23.3. The number of carbonyl (C=O) groups is 2. The van der Waals surface area contributed by atoms with Gasteiger partial charge in [-0.2, -0.15) is 0 Å². The molecule has 0 saturated carbocycles. The number of benzene rings is 1. The van der Waals surface area contributed by atoms with Crippen molar-refractivity contribution in [3.05, 3.63) is 82.8 Å². The zero-order valence-electron chi connectivity index (χ0n) is 22.6. The van der Waals surface area contributed by atoms with E-state index in [2.05, 4.69) is 23.7 Å². The minimum atomic E-state index is -1.00. The quantitative estimate of drug-likeness (QED) is 0.335. The van der Waals surface area contributed by atoms with Gasteiger partial charge in [0.15, 0.2) is 0 Å². The summed E-state index contributed by atoms with van der Waals surface area (Å²) in [6.45, 7) is 10.1. The number of rotatable bonds is 6. The highest BCUT2D eigenvalue weighted by Crippen LogP contribution is 2.29. The van der Waals surface area contributed by atoms with E-state index in [1.807, 2.05) is 65.7 Å². The molecule has 0 unspecified atom stereocenters. The van der Waals surface area contributed by atoms with Crippen LogP contribution in [0.3, 0.4) is 0 Å². The number of pyridine rings is 2. The van der Waals surface area contributed by atoms with E-state index < -0.39 is 11.5 Å². The summed E-state index contributed by atoms with van der Waals surface area (Å²) in [5, 5.41) is 9.83. The second-order valence-corrected chi connectivity index (χ2v) is 11.5. The maximum atomic E-state index is 13.9. The minimum absolute atomic E-state index is 0.0268. The van der Waals surface area contributed by atoms with Crippen LogP contribution in [0.25, 0.3) is 16.9 Å². The van der Waals surface area contributed by atoms with Gasteiger partial charge in [0.05, 0.1) is 22.3 Å². The van der Waals surface area contributed by atoms with Gasteiger partial charge in [0, 0.05) is 48.2 Å². The van der Waals surface area contributed by atoms with Gasteiger partial charge in [-0.1, -0.05) is 25.4 Å². The number of anilines is 1. The molecule has 0 spiro atoms. The van der Waals surface area contributed by atoms with Crippen molar-refractivity contribution in [2.24, 2.45) is 5.92 Å². The standard InChI is InChI=1S/C30H32ClN5O3/c1-19(2)15-24-25-16-21(11-12-35(25)27(33-24)20-5-8-23(31)9-6-20)28(37)36-14-13-34(18-30(36,3)4)26-10-7-22(17-32-26)29(38)39/h5-12,16-17,19H,13-15,18H2,1-4H3,(H,38,39). The van der Waals surface area contributed by atoms with Crippen LogP contribution in [0.4, 0.5) is 5.82 Å². The number of imidazole rings is 1. The monoisotopic (exact) mass is 545 g/mol. The summed E-state index contributed by atoms with van der Waals surface area (Å²) in [6, 6.07) is 14.7. The molecular weight excluding hydrogens is 514 g/mol. The van der Waals surface area contributed by atoms with Gasteiger partial charge in [0.2, 0.25) is 0 Å². The smallest absolute Gasteiger partial charge is 0.337 e. The highest BCUT2D eigenvalue weighted by molar-refractivity contribution is 6.30. The average Bonchev–Trinajstić information content (AvgIpc) is 3.25. The van der Waals surface area contributed by atoms with E-state index in [0.29, 0.717) is 42.0 Å². The third-order valence-electron chi connectivity index (χ3n) is 7.14. The molecule has 8 nitrogen and oxygen atoms in total. The van der Waals surface area contributed by atoms with Gasteiger partial charge >= 0.3 is 5.97 Å². The summed E-state index contributed by atoms with van der Waals surface area (Å²) in [5.41, 5.74) is 3.16. The predicted octanol–water partition coefficient (Wildman–Crippen LogP) is 5.69. The molecule has 1 aromatic carbocycles. The highest BCUT2D eigenvalue weighted by Gasteiger charge is 2.37. The Balaban J connectivity index is 1.43. The Morgan fingerprint density at radius 3 is 2.41 bits per heavy atom. The topological polar surface area (TPSA) is 91.0 Å².